The molecular formula is C15H20FNO2S. The van der Waals surface area contributed by atoms with Crippen LogP contribution in [0.25, 0.3) is 0 Å². The van der Waals surface area contributed by atoms with Gasteiger partial charge >= 0.3 is 5.97 Å². The molecule has 5 heteroatoms. The molecule has 0 aliphatic carbocycles. The molecule has 0 unspecified atom stereocenters. The molecule has 0 radical (unpaired) electrons. The third-order valence-corrected chi connectivity index (χ3v) is 4.59. The molecule has 1 aromatic carbocycles. The van der Waals surface area contributed by atoms with Crippen LogP contribution in [0.5, 0.6) is 0 Å². The van der Waals surface area contributed by atoms with Gasteiger partial charge in [0.15, 0.2) is 0 Å². The van der Waals surface area contributed by atoms with Crippen molar-refractivity contribution in [2.45, 2.75) is 19.4 Å². The summed E-state index contributed by atoms with van der Waals surface area (Å²) in [6, 6.07) is 4.64. The second-order valence-corrected chi connectivity index (χ2v) is 6.22. The minimum absolute atomic E-state index is 0.0134. The summed E-state index contributed by atoms with van der Waals surface area (Å²) in [7, 11) is 1.25. The van der Waals surface area contributed by atoms with E-state index < -0.39 is 11.8 Å². The highest BCUT2D eigenvalue weighted by Crippen LogP contribution is 2.22. The molecule has 1 aromatic rings. The van der Waals surface area contributed by atoms with Crippen molar-refractivity contribution >= 4 is 17.7 Å². The Balaban J connectivity index is 1.84. The van der Waals surface area contributed by atoms with Crippen LogP contribution in [-0.4, -0.2) is 31.1 Å². The van der Waals surface area contributed by atoms with Crippen LogP contribution in [0.4, 0.5) is 4.39 Å². The molecule has 0 atom stereocenters. The van der Waals surface area contributed by atoms with Gasteiger partial charge in [0.05, 0.1) is 12.7 Å². The summed E-state index contributed by atoms with van der Waals surface area (Å²) in [6.45, 7) is 1.60. The van der Waals surface area contributed by atoms with Crippen LogP contribution >= 0.6 is 11.8 Å². The molecule has 110 valence electrons. The van der Waals surface area contributed by atoms with Crippen LogP contribution in [0, 0.1) is 11.7 Å². The normalized spacial score (nSPS) is 16.1. The smallest absolute Gasteiger partial charge is 0.340 e. The van der Waals surface area contributed by atoms with E-state index in [1.807, 2.05) is 11.8 Å². The topological polar surface area (TPSA) is 38.3 Å². The molecule has 1 aliphatic rings. The van der Waals surface area contributed by atoms with Crippen molar-refractivity contribution in [2.24, 2.45) is 5.92 Å². The van der Waals surface area contributed by atoms with Gasteiger partial charge in [-0.15, -0.1) is 0 Å². The van der Waals surface area contributed by atoms with Crippen molar-refractivity contribution in [3.63, 3.8) is 0 Å². The number of nitrogens with one attached hydrogen (secondary N) is 1. The van der Waals surface area contributed by atoms with E-state index in [0.717, 1.165) is 18.0 Å². The van der Waals surface area contributed by atoms with Gasteiger partial charge in [0.2, 0.25) is 0 Å². The zero-order chi connectivity index (χ0) is 14.4. The summed E-state index contributed by atoms with van der Waals surface area (Å²) in [5.41, 5.74) is 0.834. The Labute approximate surface area is 123 Å². The Kier molecular flexibility index (Phi) is 5.86. The second-order valence-electron chi connectivity index (χ2n) is 4.99. The Morgan fingerprint density at radius 3 is 2.85 bits per heavy atom. The summed E-state index contributed by atoms with van der Waals surface area (Å²) in [6.07, 6.45) is 2.51. The fourth-order valence-electron chi connectivity index (χ4n) is 2.32. The van der Waals surface area contributed by atoms with Gasteiger partial charge in [-0.2, -0.15) is 11.8 Å². The summed E-state index contributed by atoms with van der Waals surface area (Å²) in [5.74, 6) is 2.06. The number of carbonyl (C=O) groups excluding carboxylic acids is 1. The molecule has 0 aromatic heterocycles. The van der Waals surface area contributed by atoms with E-state index in [-0.39, 0.29) is 5.56 Å². The van der Waals surface area contributed by atoms with E-state index in [9.17, 15) is 9.18 Å². The molecule has 2 rings (SSSR count). The zero-order valence-electron chi connectivity index (χ0n) is 11.7. The SMILES string of the molecule is COC(=O)c1ccc(CNCC2CCSCC2)cc1F. The van der Waals surface area contributed by atoms with Gasteiger partial charge in [0.1, 0.15) is 5.82 Å². The monoisotopic (exact) mass is 297 g/mol. The first-order valence-electron chi connectivity index (χ1n) is 6.86. The standard InChI is InChI=1S/C15H20FNO2S/c1-19-15(18)13-3-2-12(8-14(13)16)10-17-9-11-4-6-20-7-5-11/h2-3,8,11,17H,4-7,9-10H2,1H3. The van der Waals surface area contributed by atoms with Crippen LogP contribution in [0.15, 0.2) is 18.2 Å². The van der Waals surface area contributed by atoms with Crippen molar-refractivity contribution in [3.05, 3.63) is 35.1 Å². The van der Waals surface area contributed by atoms with Crippen LogP contribution in [0.1, 0.15) is 28.8 Å². The van der Waals surface area contributed by atoms with E-state index in [1.165, 1.54) is 43.6 Å². The molecule has 0 bridgehead atoms. The number of benzene rings is 1. The van der Waals surface area contributed by atoms with Crippen molar-refractivity contribution in [1.82, 2.24) is 5.32 Å². The number of halogens is 1. The third kappa shape index (κ3) is 4.21. The van der Waals surface area contributed by atoms with Crippen LogP contribution in [0.2, 0.25) is 0 Å². The fraction of sp³-hybridized carbons (Fsp3) is 0.533. The fourth-order valence-corrected chi connectivity index (χ4v) is 3.52. The molecule has 1 saturated heterocycles. The highest BCUT2D eigenvalue weighted by Gasteiger charge is 2.14. The first-order valence-corrected chi connectivity index (χ1v) is 8.01. The Morgan fingerprint density at radius 1 is 1.45 bits per heavy atom. The first-order chi connectivity index (χ1) is 9.70. The molecule has 0 saturated carbocycles. The van der Waals surface area contributed by atoms with E-state index in [2.05, 4.69) is 10.1 Å². The second kappa shape index (κ2) is 7.64. The minimum Gasteiger partial charge on any atom is -0.465 e. The van der Waals surface area contributed by atoms with Gasteiger partial charge in [-0.25, -0.2) is 9.18 Å². The third-order valence-electron chi connectivity index (χ3n) is 3.54. The average Bonchev–Trinajstić information content (AvgIpc) is 2.48. The van der Waals surface area contributed by atoms with E-state index in [4.69, 9.17) is 0 Å². The van der Waals surface area contributed by atoms with Gasteiger partial charge in [-0.05, 0) is 54.5 Å². The van der Waals surface area contributed by atoms with Crippen molar-refractivity contribution in [2.75, 3.05) is 25.2 Å². The first kappa shape index (κ1) is 15.3. The quantitative estimate of drug-likeness (QED) is 0.848. The van der Waals surface area contributed by atoms with E-state index in [1.54, 1.807) is 6.07 Å². The highest BCUT2D eigenvalue weighted by atomic mass is 32.2. The van der Waals surface area contributed by atoms with Crippen molar-refractivity contribution < 1.29 is 13.9 Å². The van der Waals surface area contributed by atoms with E-state index >= 15 is 0 Å². The van der Waals surface area contributed by atoms with Crippen LogP contribution < -0.4 is 5.32 Å². The predicted octanol–water partition coefficient (Wildman–Crippen LogP) is 2.85. The summed E-state index contributed by atoms with van der Waals surface area (Å²) in [4.78, 5) is 11.3. The highest BCUT2D eigenvalue weighted by molar-refractivity contribution is 7.99. The lowest BCUT2D eigenvalue weighted by atomic mass is 10.0. The van der Waals surface area contributed by atoms with Gasteiger partial charge < -0.3 is 10.1 Å². The van der Waals surface area contributed by atoms with Gasteiger partial charge in [0.25, 0.3) is 0 Å². The molecular weight excluding hydrogens is 277 g/mol. The number of hydrogen-bond acceptors (Lipinski definition) is 4. The lowest BCUT2D eigenvalue weighted by Crippen LogP contribution is -2.25. The number of methoxy groups -OCH3 is 1. The lowest BCUT2D eigenvalue weighted by Gasteiger charge is -2.21. The Hall–Kier alpha value is -1.07. The maximum atomic E-state index is 13.7. The predicted molar refractivity (Wildman–Crippen MR) is 79.5 cm³/mol. The summed E-state index contributed by atoms with van der Waals surface area (Å²) >= 11 is 2.02. The average molecular weight is 297 g/mol. The van der Waals surface area contributed by atoms with Gasteiger partial charge in [0, 0.05) is 6.54 Å². The molecule has 0 spiro atoms. The number of ether oxygens (including phenoxy) is 1. The Bertz CT molecular complexity index is 461. The maximum absolute atomic E-state index is 13.7. The number of esters is 1. The molecule has 3 nitrogen and oxygen atoms in total. The minimum atomic E-state index is -0.637. The largest absolute Gasteiger partial charge is 0.465 e. The maximum Gasteiger partial charge on any atom is 0.340 e. The molecule has 1 N–H and O–H groups in total. The zero-order valence-corrected chi connectivity index (χ0v) is 12.5. The number of thioether (sulfide) groups is 1. The number of rotatable bonds is 5. The Morgan fingerprint density at radius 2 is 2.20 bits per heavy atom. The molecule has 1 fully saturated rings. The van der Waals surface area contributed by atoms with Crippen molar-refractivity contribution in [3.8, 4) is 0 Å². The number of carbonyl (C=O) groups is 1. The van der Waals surface area contributed by atoms with Crippen LogP contribution in [-0.2, 0) is 11.3 Å². The van der Waals surface area contributed by atoms with Crippen molar-refractivity contribution in [1.29, 1.82) is 0 Å². The molecule has 1 heterocycles. The molecule has 1 aliphatic heterocycles. The molecule has 20 heavy (non-hydrogen) atoms. The number of hydrogen-bond donors (Lipinski definition) is 1. The molecule has 0 amide bonds. The summed E-state index contributed by atoms with van der Waals surface area (Å²) < 4.78 is 18.3. The van der Waals surface area contributed by atoms with Gasteiger partial charge in [-0.1, -0.05) is 6.07 Å². The van der Waals surface area contributed by atoms with E-state index in [0.29, 0.717) is 6.54 Å². The lowest BCUT2D eigenvalue weighted by molar-refractivity contribution is 0.0595. The van der Waals surface area contributed by atoms with Gasteiger partial charge in [-0.3, -0.25) is 0 Å². The van der Waals surface area contributed by atoms with Crippen LogP contribution in [0.3, 0.4) is 0 Å². The summed E-state index contributed by atoms with van der Waals surface area (Å²) in [5, 5.41) is 3.37.